The molecule has 0 saturated carbocycles. The van der Waals surface area contributed by atoms with Gasteiger partial charge in [0.25, 0.3) is 0 Å². The summed E-state index contributed by atoms with van der Waals surface area (Å²) in [6.45, 7) is 6.86. The van der Waals surface area contributed by atoms with Gasteiger partial charge in [0, 0.05) is 54.0 Å². The van der Waals surface area contributed by atoms with Crippen LogP contribution in [0.25, 0.3) is 10.2 Å². The zero-order valence-corrected chi connectivity index (χ0v) is 20.8. The predicted octanol–water partition coefficient (Wildman–Crippen LogP) is 3.88. The molecule has 1 aliphatic carbocycles. The maximum Gasteiger partial charge on any atom is 0.226 e. The molecular formula is C25H27N5O2S2. The van der Waals surface area contributed by atoms with Gasteiger partial charge in [-0.2, -0.15) is 0 Å². The topological polar surface area (TPSA) is 78.4 Å². The molecule has 0 spiro atoms. The average molecular weight is 494 g/mol. The van der Waals surface area contributed by atoms with E-state index < -0.39 is 0 Å². The number of hydrogen-bond donors (Lipinski definition) is 1. The number of carbonyl (C=O) groups is 2. The van der Waals surface area contributed by atoms with Crippen molar-refractivity contribution in [3.05, 3.63) is 40.5 Å². The zero-order chi connectivity index (χ0) is 23.2. The van der Waals surface area contributed by atoms with E-state index in [1.165, 1.54) is 22.2 Å². The Kier molecular flexibility index (Phi) is 5.79. The first-order chi connectivity index (χ1) is 16.6. The molecule has 7 nitrogen and oxygen atoms in total. The summed E-state index contributed by atoms with van der Waals surface area (Å²) in [5.41, 5.74) is 3.30. The number of anilines is 2. The minimum absolute atomic E-state index is 0.0596. The summed E-state index contributed by atoms with van der Waals surface area (Å²) >= 11 is 3.01. The standard InChI is InChI=1S/C25H27N5O2S2/c1-2-29-7-9-30(10-8-29)25(32)16-4-6-18-20(11-16)34-24-22(18)23(26-14-27-24)28-17-5-3-15-12-21(31)33-19(15)13-17/h3,5,13-14,16H,2,4,6-12H2,1H3,(H,26,27,28). The van der Waals surface area contributed by atoms with Gasteiger partial charge in [-0.15, -0.1) is 11.3 Å². The largest absolute Gasteiger partial charge is 0.340 e. The summed E-state index contributed by atoms with van der Waals surface area (Å²) in [4.78, 5) is 41.9. The highest BCUT2D eigenvalue weighted by molar-refractivity contribution is 8.14. The third-order valence-corrected chi connectivity index (χ3v) is 9.35. The summed E-state index contributed by atoms with van der Waals surface area (Å²) in [6, 6.07) is 6.07. The third kappa shape index (κ3) is 3.99. The fraction of sp³-hybridized carbons (Fsp3) is 0.440. The number of aryl methyl sites for hydroxylation is 1. The maximum absolute atomic E-state index is 13.2. The maximum atomic E-state index is 13.2. The minimum atomic E-state index is 0.0596. The van der Waals surface area contributed by atoms with Gasteiger partial charge in [0.1, 0.15) is 17.0 Å². The Morgan fingerprint density at radius 2 is 2.06 bits per heavy atom. The molecule has 6 rings (SSSR count). The highest BCUT2D eigenvalue weighted by Gasteiger charge is 2.32. The number of aromatic nitrogens is 2. The fourth-order valence-corrected chi connectivity index (χ4v) is 7.48. The molecule has 34 heavy (non-hydrogen) atoms. The number of carbonyl (C=O) groups excluding carboxylic acids is 2. The van der Waals surface area contributed by atoms with Crippen LogP contribution >= 0.6 is 23.1 Å². The lowest BCUT2D eigenvalue weighted by atomic mass is 9.86. The third-order valence-electron chi connectivity index (χ3n) is 7.21. The van der Waals surface area contributed by atoms with Crippen LogP contribution in [0.3, 0.4) is 0 Å². The monoisotopic (exact) mass is 493 g/mol. The first-order valence-electron chi connectivity index (χ1n) is 12.0. The number of fused-ring (bicyclic) bond motifs is 4. The Morgan fingerprint density at radius 1 is 1.21 bits per heavy atom. The van der Waals surface area contributed by atoms with Gasteiger partial charge in [0.15, 0.2) is 5.12 Å². The predicted molar refractivity (Wildman–Crippen MR) is 136 cm³/mol. The van der Waals surface area contributed by atoms with E-state index in [9.17, 15) is 9.59 Å². The van der Waals surface area contributed by atoms with Crippen LogP contribution in [0.2, 0.25) is 0 Å². The number of nitrogens with zero attached hydrogens (tertiary/aromatic N) is 4. The molecule has 9 heteroatoms. The van der Waals surface area contributed by atoms with E-state index in [0.717, 1.165) is 84.2 Å². The van der Waals surface area contributed by atoms with Gasteiger partial charge in [-0.05, 0) is 49.1 Å². The number of nitrogens with one attached hydrogen (secondary N) is 1. The number of rotatable bonds is 4. The van der Waals surface area contributed by atoms with E-state index in [-0.39, 0.29) is 11.0 Å². The van der Waals surface area contributed by atoms with Gasteiger partial charge in [0.05, 0.1) is 5.39 Å². The number of benzene rings is 1. The smallest absolute Gasteiger partial charge is 0.226 e. The molecule has 1 fully saturated rings. The minimum Gasteiger partial charge on any atom is -0.340 e. The van der Waals surface area contributed by atoms with Crippen molar-refractivity contribution in [3.8, 4) is 0 Å². The van der Waals surface area contributed by atoms with Crippen molar-refractivity contribution in [3.63, 3.8) is 0 Å². The van der Waals surface area contributed by atoms with Crippen LogP contribution < -0.4 is 5.32 Å². The van der Waals surface area contributed by atoms with Crippen molar-refractivity contribution >= 4 is 55.8 Å². The highest BCUT2D eigenvalue weighted by Crippen LogP contribution is 2.41. The van der Waals surface area contributed by atoms with Crippen LogP contribution in [0.15, 0.2) is 29.4 Å². The van der Waals surface area contributed by atoms with Crippen molar-refractivity contribution in [2.75, 3.05) is 38.0 Å². The molecule has 1 aromatic carbocycles. The number of thioether (sulfide) groups is 1. The van der Waals surface area contributed by atoms with E-state index >= 15 is 0 Å². The van der Waals surface area contributed by atoms with Crippen molar-refractivity contribution in [1.82, 2.24) is 19.8 Å². The number of thiophene rings is 1. The van der Waals surface area contributed by atoms with Crippen LogP contribution in [0, 0.1) is 5.92 Å². The molecular weight excluding hydrogens is 466 g/mol. The molecule has 2 aromatic heterocycles. The lowest BCUT2D eigenvalue weighted by molar-refractivity contribution is -0.137. The molecule has 4 heterocycles. The Morgan fingerprint density at radius 3 is 2.88 bits per heavy atom. The van der Waals surface area contributed by atoms with Crippen molar-refractivity contribution < 1.29 is 9.59 Å². The van der Waals surface area contributed by atoms with Gasteiger partial charge in [0.2, 0.25) is 5.91 Å². The molecule has 3 aromatic rings. The Balaban J connectivity index is 1.23. The molecule has 1 atom stereocenters. The Labute approximate surface area is 206 Å². The van der Waals surface area contributed by atoms with Crippen LogP contribution in [-0.2, 0) is 28.9 Å². The van der Waals surface area contributed by atoms with E-state index in [1.807, 2.05) is 18.2 Å². The molecule has 0 bridgehead atoms. The van der Waals surface area contributed by atoms with Crippen LogP contribution in [0.5, 0.6) is 0 Å². The first kappa shape index (κ1) is 22.0. The number of piperazine rings is 1. The van der Waals surface area contributed by atoms with Crippen molar-refractivity contribution in [2.45, 2.75) is 37.5 Å². The van der Waals surface area contributed by atoms with Gasteiger partial charge in [-0.25, -0.2) is 9.97 Å². The van der Waals surface area contributed by atoms with Gasteiger partial charge in [-0.1, -0.05) is 24.8 Å². The normalized spacial score (nSPS) is 20.4. The van der Waals surface area contributed by atoms with Crippen LogP contribution in [0.1, 0.15) is 29.3 Å². The molecule has 176 valence electrons. The van der Waals surface area contributed by atoms with Crippen LogP contribution in [0.4, 0.5) is 11.5 Å². The van der Waals surface area contributed by atoms with E-state index in [1.54, 1.807) is 17.7 Å². The van der Waals surface area contributed by atoms with Crippen molar-refractivity contribution in [2.24, 2.45) is 5.92 Å². The van der Waals surface area contributed by atoms with Gasteiger partial charge < -0.3 is 15.1 Å². The van der Waals surface area contributed by atoms with E-state index in [4.69, 9.17) is 0 Å². The summed E-state index contributed by atoms with van der Waals surface area (Å²) in [7, 11) is 0. The second kappa shape index (κ2) is 8.94. The molecule has 1 saturated heterocycles. The molecule has 0 radical (unpaired) electrons. The first-order valence-corrected chi connectivity index (χ1v) is 13.6. The quantitative estimate of drug-likeness (QED) is 0.591. The number of hydrogen-bond acceptors (Lipinski definition) is 8. The Bertz CT molecular complexity index is 1280. The summed E-state index contributed by atoms with van der Waals surface area (Å²) in [6.07, 6.45) is 4.65. The van der Waals surface area contributed by atoms with E-state index in [2.05, 4.69) is 32.0 Å². The summed E-state index contributed by atoms with van der Waals surface area (Å²) in [5.74, 6) is 1.18. The SMILES string of the molecule is CCN1CCN(C(=O)C2CCc3c(sc4ncnc(Nc5ccc6c(c5)SC(=O)C6)c34)C2)CC1. The average Bonchev–Trinajstić information content (AvgIpc) is 3.42. The van der Waals surface area contributed by atoms with Gasteiger partial charge >= 0.3 is 0 Å². The number of likely N-dealkylation sites (N-methyl/N-ethyl adjacent to an activating group) is 1. The summed E-state index contributed by atoms with van der Waals surface area (Å²) in [5, 5.41) is 4.75. The lowest BCUT2D eigenvalue weighted by Gasteiger charge is -2.36. The molecule has 2 aliphatic heterocycles. The fourth-order valence-electron chi connectivity index (χ4n) is 5.28. The van der Waals surface area contributed by atoms with Gasteiger partial charge in [-0.3, -0.25) is 9.59 Å². The Hall–Kier alpha value is -2.49. The van der Waals surface area contributed by atoms with Crippen LogP contribution in [-0.4, -0.2) is 63.5 Å². The molecule has 1 N–H and O–H groups in total. The molecule has 1 unspecified atom stereocenters. The zero-order valence-electron chi connectivity index (χ0n) is 19.2. The lowest BCUT2D eigenvalue weighted by Crippen LogP contribution is -2.50. The number of amides is 1. The second-order valence-electron chi connectivity index (χ2n) is 9.20. The van der Waals surface area contributed by atoms with Crippen molar-refractivity contribution in [1.29, 1.82) is 0 Å². The van der Waals surface area contributed by atoms with E-state index in [0.29, 0.717) is 12.3 Å². The molecule has 1 amide bonds. The summed E-state index contributed by atoms with van der Waals surface area (Å²) < 4.78 is 0. The highest BCUT2D eigenvalue weighted by atomic mass is 32.2. The molecule has 3 aliphatic rings. The second-order valence-corrected chi connectivity index (χ2v) is 11.4.